The van der Waals surface area contributed by atoms with Crippen LogP contribution < -0.4 is 5.46 Å². The molecule has 0 bridgehead atoms. The molecule has 0 amide bonds. The summed E-state index contributed by atoms with van der Waals surface area (Å²) in [6, 6.07) is 22.3. The van der Waals surface area contributed by atoms with Gasteiger partial charge in [-0.2, -0.15) is 0 Å². The van der Waals surface area contributed by atoms with Crippen molar-refractivity contribution in [3.8, 4) is 5.82 Å². The molecule has 7 heteroatoms. The van der Waals surface area contributed by atoms with Gasteiger partial charge in [0.05, 0.1) is 39.3 Å². The molecule has 1 saturated heterocycles. The summed E-state index contributed by atoms with van der Waals surface area (Å²) in [5, 5.41) is 3.17. The summed E-state index contributed by atoms with van der Waals surface area (Å²) in [5.74, 6) is 0.714. The number of nitrogens with zero attached hydrogens (tertiary/aromatic N) is 3. The van der Waals surface area contributed by atoms with E-state index in [1.165, 1.54) is 0 Å². The first-order valence-electron chi connectivity index (χ1n) is 11.9. The van der Waals surface area contributed by atoms with Crippen molar-refractivity contribution in [1.82, 2.24) is 14.5 Å². The van der Waals surface area contributed by atoms with Gasteiger partial charge in [-0.25, -0.2) is 4.98 Å². The van der Waals surface area contributed by atoms with E-state index >= 15 is 0 Å². The van der Waals surface area contributed by atoms with Gasteiger partial charge in [0.25, 0.3) is 0 Å². The fourth-order valence-corrected chi connectivity index (χ4v) is 4.92. The number of fused-ring (bicyclic) bond motifs is 6. The van der Waals surface area contributed by atoms with E-state index in [-0.39, 0.29) is 0 Å². The Morgan fingerprint density at radius 3 is 2.31 bits per heavy atom. The lowest BCUT2D eigenvalue weighted by Crippen LogP contribution is -2.41. The molecule has 1 aliphatic heterocycles. The number of furan rings is 1. The lowest BCUT2D eigenvalue weighted by molar-refractivity contribution is 0.00578. The van der Waals surface area contributed by atoms with Gasteiger partial charge in [-0.05, 0) is 57.4 Å². The van der Waals surface area contributed by atoms with Crippen LogP contribution in [0, 0.1) is 0 Å². The molecule has 6 aromatic rings. The van der Waals surface area contributed by atoms with Crippen molar-refractivity contribution in [2.45, 2.75) is 38.9 Å². The Balaban J connectivity index is 1.50. The normalized spacial score (nSPS) is 17.3. The number of benzene rings is 3. The maximum atomic E-state index is 6.40. The van der Waals surface area contributed by atoms with Crippen LogP contribution in [0.4, 0.5) is 0 Å². The highest BCUT2D eigenvalue weighted by molar-refractivity contribution is 6.62. The van der Waals surface area contributed by atoms with Crippen LogP contribution in [0.25, 0.3) is 49.8 Å². The van der Waals surface area contributed by atoms with Crippen molar-refractivity contribution in [2.75, 3.05) is 0 Å². The van der Waals surface area contributed by atoms with Gasteiger partial charge in [-0.3, -0.25) is 9.55 Å². The van der Waals surface area contributed by atoms with Crippen LogP contribution >= 0.6 is 0 Å². The van der Waals surface area contributed by atoms with Crippen molar-refractivity contribution in [1.29, 1.82) is 0 Å². The van der Waals surface area contributed by atoms with Gasteiger partial charge in [-0.15, -0.1) is 0 Å². The number of aromatic nitrogens is 3. The molecule has 0 atom stereocenters. The van der Waals surface area contributed by atoms with E-state index in [1.54, 1.807) is 6.20 Å². The number of para-hydroxylation sites is 3. The zero-order valence-electron chi connectivity index (χ0n) is 20.1. The van der Waals surface area contributed by atoms with Crippen LogP contribution in [0.2, 0.25) is 0 Å². The predicted molar refractivity (Wildman–Crippen MR) is 139 cm³/mol. The molecule has 0 spiro atoms. The molecule has 3 aromatic heterocycles. The van der Waals surface area contributed by atoms with E-state index < -0.39 is 18.3 Å². The van der Waals surface area contributed by atoms with E-state index in [1.807, 2.05) is 42.5 Å². The van der Waals surface area contributed by atoms with Gasteiger partial charge in [0, 0.05) is 10.8 Å². The fourth-order valence-electron chi connectivity index (χ4n) is 4.92. The smallest absolute Gasteiger partial charge is 0.439 e. The molecule has 1 fully saturated rings. The highest BCUT2D eigenvalue weighted by Gasteiger charge is 2.51. The van der Waals surface area contributed by atoms with E-state index in [4.69, 9.17) is 18.7 Å². The highest BCUT2D eigenvalue weighted by atomic mass is 16.7. The topological polar surface area (TPSA) is 62.3 Å². The van der Waals surface area contributed by atoms with E-state index in [9.17, 15) is 0 Å². The van der Waals surface area contributed by atoms with Crippen molar-refractivity contribution in [3.63, 3.8) is 0 Å². The molecule has 0 unspecified atom stereocenters. The molecule has 0 N–H and O–H groups in total. The average molecular weight is 461 g/mol. The Labute approximate surface area is 202 Å². The Kier molecular flexibility index (Phi) is 4.10. The van der Waals surface area contributed by atoms with E-state index in [0.717, 1.165) is 49.5 Å². The number of hydrogen-bond donors (Lipinski definition) is 0. The largest absolute Gasteiger partial charge is 0.494 e. The van der Waals surface area contributed by atoms with Crippen LogP contribution in [0.15, 0.2) is 77.3 Å². The van der Waals surface area contributed by atoms with E-state index in [2.05, 4.69) is 61.5 Å². The Hall–Kier alpha value is -3.68. The molecule has 172 valence electrons. The van der Waals surface area contributed by atoms with Gasteiger partial charge in [0.1, 0.15) is 5.58 Å². The number of hydrogen-bond acceptors (Lipinski definition) is 5. The van der Waals surface area contributed by atoms with Crippen LogP contribution in [0.1, 0.15) is 27.7 Å². The molecule has 0 aliphatic carbocycles. The summed E-state index contributed by atoms with van der Waals surface area (Å²) in [6.45, 7) is 8.29. The third kappa shape index (κ3) is 2.92. The minimum absolute atomic E-state index is 0.406. The quantitative estimate of drug-likeness (QED) is 0.306. The fraction of sp³-hybridized carbons (Fsp3) is 0.214. The van der Waals surface area contributed by atoms with Gasteiger partial charge < -0.3 is 13.7 Å². The minimum atomic E-state index is -0.443. The Morgan fingerprint density at radius 2 is 1.51 bits per heavy atom. The summed E-state index contributed by atoms with van der Waals surface area (Å²) in [5.41, 5.74) is 4.44. The second kappa shape index (κ2) is 6.93. The molecule has 0 radical (unpaired) electrons. The van der Waals surface area contributed by atoms with Gasteiger partial charge in [0.15, 0.2) is 5.82 Å². The zero-order valence-corrected chi connectivity index (χ0v) is 20.1. The molecular formula is C28H24BN3O3. The lowest BCUT2D eigenvalue weighted by atomic mass is 9.78. The molecular weight excluding hydrogens is 437 g/mol. The first-order valence-corrected chi connectivity index (χ1v) is 11.9. The first-order chi connectivity index (χ1) is 16.8. The van der Waals surface area contributed by atoms with Crippen molar-refractivity contribution in [3.05, 3.63) is 72.9 Å². The van der Waals surface area contributed by atoms with Gasteiger partial charge in [0.2, 0.25) is 5.71 Å². The zero-order chi connectivity index (χ0) is 23.9. The summed E-state index contributed by atoms with van der Waals surface area (Å²) in [7, 11) is -0.443. The summed E-state index contributed by atoms with van der Waals surface area (Å²) in [4.78, 5) is 9.57. The second-order valence-corrected chi connectivity index (χ2v) is 10.2. The Bertz CT molecular complexity index is 1770. The third-order valence-electron chi connectivity index (χ3n) is 7.50. The second-order valence-electron chi connectivity index (χ2n) is 10.2. The van der Waals surface area contributed by atoms with Gasteiger partial charge >= 0.3 is 7.12 Å². The summed E-state index contributed by atoms with van der Waals surface area (Å²) < 4.78 is 21.1. The van der Waals surface area contributed by atoms with Crippen LogP contribution in [-0.2, 0) is 9.31 Å². The summed E-state index contributed by atoms with van der Waals surface area (Å²) in [6.07, 6.45) is 1.80. The van der Waals surface area contributed by atoms with E-state index in [0.29, 0.717) is 5.82 Å². The molecule has 1 aliphatic rings. The predicted octanol–water partition coefficient (Wildman–Crippen LogP) is 5.77. The average Bonchev–Trinajstić information content (AvgIpc) is 3.44. The molecule has 7 rings (SSSR count). The standard InChI is InChI=1S/C28H24BN3O3/c1-27(2)28(3,4)35-29(34-27)17-13-14-22-19(15-17)25-18-9-5-8-12-23(18)33-26(25)32(22)24-16-30-20-10-6-7-11-21(20)31-24/h5-16H,1-4H3. The maximum absolute atomic E-state index is 6.40. The SMILES string of the molecule is CC1(C)OB(c2ccc3c(c2)c2c4ccccc4oc2n3-c2cnc3ccccc3n2)OC1(C)C. The minimum Gasteiger partial charge on any atom is -0.439 e. The Morgan fingerprint density at radius 1 is 0.800 bits per heavy atom. The molecule has 6 nitrogen and oxygen atoms in total. The lowest BCUT2D eigenvalue weighted by Gasteiger charge is -2.32. The molecule has 0 saturated carbocycles. The van der Waals surface area contributed by atoms with Crippen molar-refractivity contribution in [2.24, 2.45) is 0 Å². The van der Waals surface area contributed by atoms with Crippen molar-refractivity contribution < 1.29 is 13.7 Å². The first kappa shape index (κ1) is 20.7. The van der Waals surface area contributed by atoms with Crippen LogP contribution in [0.5, 0.6) is 0 Å². The maximum Gasteiger partial charge on any atom is 0.494 e. The molecule has 4 heterocycles. The van der Waals surface area contributed by atoms with Crippen LogP contribution in [-0.4, -0.2) is 32.9 Å². The highest BCUT2D eigenvalue weighted by Crippen LogP contribution is 2.40. The van der Waals surface area contributed by atoms with Crippen molar-refractivity contribution >= 4 is 56.6 Å². The van der Waals surface area contributed by atoms with Gasteiger partial charge in [-0.1, -0.05) is 42.5 Å². The van der Waals surface area contributed by atoms with Crippen LogP contribution in [0.3, 0.4) is 0 Å². The molecule has 35 heavy (non-hydrogen) atoms. The summed E-state index contributed by atoms with van der Waals surface area (Å²) >= 11 is 0. The third-order valence-corrected chi connectivity index (χ3v) is 7.50. The molecule has 3 aromatic carbocycles. The monoisotopic (exact) mass is 461 g/mol. The number of rotatable bonds is 2.